The van der Waals surface area contributed by atoms with Gasteiger partial charge in [0.2, 0.25) is 15.9 Å². The number of amides is 1. The molecular weight excluding hydrogens is 412 g/mol. The van der Waals surface area contributed by atoms with Crippen LogP contribution in [0.2, 0.25) is 5.02 Å². The molecule has 2 rings (SSSR count). The summed E-state index contributed by atoms with van der Waals surface area (Å²) in [6.45, 7) is 4.11. The highest BCUT2D eigenvalue weighted by Gasteiger charge is 2.19. The maximum absolute atomic E-state index is 12.3. The van der Waals surface area contributed by atoms with Gasteiger partial charge in [-0.25, -0.2) is 8.42 Å². The van der Waals surface area contributed by atoms with Crippen LogP contribution >= 0.6 is 11.6 Å². The zero-order valence-corrected chi connectivity index (χ0v) is 18.7. The molecule has 1 amide bonds. The molecule has 0 radical (unpaired) electrons. The molecule has 1 N–H and O–H groups in total. The number of nitrogens with zero attached hydrogens (tertiary/aromatic N) is 1. The second-order valence-corrected chi connectivity index (χ2v) is 9.27. The number of carbonyl (C=O) groups excluding carboxylic acids is 1. The van der Waals surface area contributed by atoms with Crippen LogP contribution in [0.5, 0.6) is 5.75 Å². The molecule has 2 aromatic rings. The summed E-state index contributed by atoms with van der Waals surface area (Å²) < 4.78 is 30.8. The lowest BCUT2D eigenvalue weighted by atomic mass is 10.1. The number of halogens is 1. The summed E-state index contributed by atoms with van der Waals surface area (Å²) in [4.78, 5) is 12.3. The average Bonchev–Trinajstić information content (AvgIpc) is 2.64. The van der Waals surface area contributed by atoms with Crippen molar-refractivity contribution < 1.29 is 17.9 Å². The molecule has 0 aliphatic heterocycles. The molecule has 0 aliphatic carbocycles. The minimum atomic E-state index is -3.52. The van der Waals surface area contributed by atoms with E-state index in [0.29, 0.717) is 22.9 Å². The lowest BCUT2D eigenvalue weighted by molar-refractivity contribution is -0.121. The third-order valence-corrected chi connectivity index (χ3v) is 6.03. The van der Waals surface area contributed by atoms with Gasteiger partial charge in [-0.2, -0.15) is 0 Å². The predicted octanol–water partition coefficient (Wildman–Crippen LogP) is 4.08. The molecule has 0 saturated heterocycles. The van der Waals surface area contributed by atoms with E-state index < -0.39 is 10.0 Å². The smallest absolute Gasteiger partial charge is 0.232 e. The number of methoxy groups -OCH3 is 1. The lowest BCUT2D eigenvalue weighted by Gasteiger charge is -2.23. The second kappa shape index (κ2) is 9.98. The summed E-state index contributed by atoms with van der Waals surface area (Å²) >= 11 is 6.12. The number of aryl methyl sites for hydroxylation is 1. The molecule has 0 aromatic heterocycles. The first kappa shape index (κ1) is 23.0. The standard InChI is InChI=1S/C21H27ClN2O4S/c1-15-7-9-17(10-8-15)16(2)23-21(25)6-5-13-24(29(4,26)27)18-11-12-20(28-3)19(22)14-18/h7-12,14,16H,5-6,13H2,1-4H3,(H,23,25). The van der Waals surface area contributed by atoms with Crippen molar-refractivity contribution in [2.24, 2.45) is 0 Å². The van der Waals surface area contributed by atoms with Gasteiger partial charge >= 0.3 is 0 Å². The molecule has 2 aromatic carbocycles. The highest BCUT2D eigenvalue weighted by Crippen LogP contribution is 2.30. The number of nitrogens with one attached hydrogen (secondary N) is 1. The first-order chi connectivity index (χ1) is 13.6. The molecule has 29 heavy (non-hydrogen) atoms. The molecular formula is C21H27ClN2O4S. The van der Waals surface area contributed by atoms with Gasteiger partial charge in [-0.1, -0.05) is 41.4 Å². The molecule has 0 heterocycles. The number of hydrogen-bond acceptors (Lipinski definition) is 4. The molecule has 0 aliphatic rings. The van der Waals surface area contributed by atoms with Crippen molar-refractivity contribution in [3.05, 3.63) is 58.6 Å². The number of rotatable bonds is 9. The Morgan fingerprint density at radius 1 is 1.21 bits per heavy atom. The van der Waals surface area contributed by atoms with Crippen LogP contribution in [0.15, 0.2) is 42.5 Å². The van der Waals surface area contributed by atoms with Crippen molar-refractivity contribution in [3.8, 4) is 5.75 Å². The molecule has 0 fully saturated rings. The van der Waals surface area contributed by atoms with Crippen molar-refractivity contribution in [2.45, 2.75) is 32.7 Å². The Morgan fingerprint density at radius 3 is 2.41 bits per heavy atom. The van der Waals surface area contributed by atoms with Crippen LogP contribution in [0.4, 0.5) is 5.69 Å². The van der Waals surface area contributed by atoms with Gasteiger partial charge in [-0.15, -0.1) is 0 Å². The van der Waals surface area contributed by atoms with Crippen molar-refractivity contribution in [3.63, 3.8) is 0 Å². The molecule has 8 heteroatoms. The molecule has 0 bridgehead atoms. The topological polar surface area (TPSA) is 75.7 Å². The van der Waals surface area contributed by atoms with Crippen molar-refractivity contribution in [2.75, 3.05) is 24.2 Å². The van der Waals surface area contributed by atoms with E-state index in [1.54, 1.807) is 18.2 Å². The highest BCUT2D eigenvalue weighted by atomic mass is 35.5. The maximum atomic E-state index is 12.3. The first-order valence-corrected chi connectivity index (χ1v) is 11.5. The summed E-state index contributed by atoms with van der Waals surface area (Å²) in [6, 6.07) is 12.6. The Morgan fingerprint density at radius 2 is 1.86 bits per heavy atom. The third-order valence-electron chi connectivity index (χ3n) is 4.54. The van der Waals surface area contributed by atoms with E-state index in [2.05, 4.69) is 5.32 Å². The van der Waals surface area contributed by atoms with Gasteiger partial charge in [-0.3, -0.25) is 9.10 Å². The number of anilines is 1. The Kier molecular flexibility index (Phi) is 7.93. The van der Waals surface area contributed by atoms with Gasteiger partial charge in [0, 0.05) is 13.0 Å². The number of benzene rings is 2. The minimum absolute atomic E-state index is 0.116. The van der Waals surface area contributed by atoms with Crippen LogP contribution in [0.3, 0.4) is 0 Å². The van der Waals surface area contributed by atoms with E-state index in [9.17, 15) is 13.2 Å². The van der Waals surface area contributed by atoms with Gasteiger partial charge in [0.25, 0.3) is 0 Å². The number of sulfonamides is 1. The predicted molar refractivity (Wildman–Crippen MR) is 117 cm³/mol. The molecule has 1 atom stereocenters. The van der Waals surface area contributed by atoms with E-state index in [0.717, 1.165) is 17.4 Å². The van der Waals surface area contributed by atoms with Crippen LogP contribution < -0.4 is 14.4 Å². The molecule has 6 nitrogen and oxygen atoms in total. The Labute approximate surface area is 177 Å². The van der Waals surface area contributed by atoms with Crippen LogP contribution in [-0.4, -0.2) is 34.2 Å². The first-order valence-electron chi connectivity index (χ1n) is 9.29. The Balaban J connectivity index is 1.97. The van der Waals surface area contributed by atoms with Gasteiger partial charge in [0.15, 0.2) is 0 Å². The van der Waals surface area contributed by atoms with E-state index in [1.807, 2.05) is 38.1 Å². The monoisotopic (exact) mass is 438 g/mol. The third kappa shape index (κ3) is 6.65. The summed E-state index contributed by atoms with van der Waals surface area (Å²) in [5, 5.41) is 3.27. The van der Waals surface area contributed by atoms with E-state index in [-0.39, 0.29) is 24.9 Å². The minimum Gasteiger partial charge on any atom is -0.495 e. The number of ether oxygens (including phenoxy) is 1. The largest absolute Gasteiger partial charge is 0.495 e. The second-order valence-electron chi connectivity index (χ2n) is 6.96. The van der Waals surface area contributed by atoms with Crippen molar-refractivity contribution in [1.82, 2.24) is 5.32 Å². The highest BCUT2D eigenvalue weighted by molar-refractivity contribution is 7.92. The van der Waals surface area contributed by atoms with Gasteiger partial charge in [-0.05, 0) is 44.0 Å². The Hall–Kier alpha value is -2.25. The van der Waals surface area contributed by atoms with E-state index in [4.69, 9.17) is 16.3 Å². The summed E-state index contributed by atoms with van der Waals surface area (Å²) in [5.41, 5.74) is 2.62. The molecule has 1 unspecified atom stereocenters. The summed E-state index contributed by atoms with van der Waals surface area (Å²) in [6.07, 6.45) is 1.72. The van der Waals surface area contributed by atoms with Crippen LogP contribution in [-0.2, 0) is 14.8 Å². The van der Waals surface area contributed by atoms with Gasteiger partial charge in [0.05, 0.1) is 30.1 Å². The van der Waals surface area contributed by atoms with Crippen molar-refractivity contribution in [1.29, 1.82) is 0 Å². The fourth-order valence-electron chi connectivity index (χ4n) is 2.93. The zero-order valence-electron chi connectivity index (χ0n) is 17.1. The molecule has 158 valence electrons. The SMILES string of the molecule is COc1ccc(N(CCCC(=O)NC(C)c2ccc(C)cc2)S(C)(=O)=O)cc1Cl. The lowest BCUT2D eigenvalue weighted by Crippen LogP contribution is -2.32. The maximum Gasteiger partial charge on any atom is 0.232 e. The number of hydrogen-bond donors (Lipinski definition) is 1. The average molecular weight is 439 g/mol. The van der Waals surface area contributed by atoms with Crippen LogP contribution in [0, 0.1) is 6.92 Å². The van der Waals surface area contributed by atoms with E-state index >= 15 is 0 Å². The fourth-order valence-corrected chi connectivity index (χ4v) is 4.14. The number of carbonyl (C=O) groups is 1. The molecule has 0 saturated carbocycles. The summed E-state index contributed by atoms with van der Waals surface area (Å²) in [5.74, 6) is 0.340. The quantitative estimate of drug-likeness (QED) is 0.640. The molecule has 0 spiro atoms. The van der Waals surface area contributed by atoms with Gasteiger partial charge < -0.3 is 10.1 Å². The fraction of sp³-hybridized carbons (Fsp3) is 0.381. The normalized spacial score (nSPS) is 12.3. The Bertz CT molecular complexity index is 946. The van der Waals surface area contributed by atoms with E-state index in [1.165, 1.54) is 11.4 Å². The van der Waals surface area contributed by atoms with Crippen molar-refractivity contribution >= 4 is 33.2 Å². The van der Waals surface area contributed by atoms with Crippen LogP contribution in [0.25, 0.3) is 0 Å². The summed E-state index contributed by atoms with van der Waals surface area (Å²) in [7, 11) is -2.03. The van der Waals surface area contributed by atoms with Gasteiger partial charge in [0.1, 0.15) is 5.75 Å². The zero-order chi connectivity index (χ0) is 21.6. The van der Waals surface area contributed by atoms with Crippen LogP contribution in [0.1, 0.15) is 36.9 Å².